The van der Waals surface area contributed by atoms with E-state index < -0.39 is 0 Å². The van der Waals surface area contributed by atoms with E-state index in [0.717, 1.165) is 25.7 Å². The van der Waals surface area contributed by atoms with Crippen LogP contribution in [0.4, 0.5) is 11.4 Å². The number of aldehydes is 1. The summed E-state index contributed by atoms with van der Waals surface area (Å²) in [6.45, 7) is 1.35. The van der Waals surface area contributed by atoms with Crippen LogP contribution < -0.4 is 4.90 Å². The van der Waals surface area contributed by atoms with E-state index in [-0.39, 0.29) is 16.5 Å². The van der Waals surface area contributed by atoms with E-state index in [1.807, 2.05) is 4.90 Å². The second-order valence-corrected chi connectivity index (χ2v) is 4.23. The van der Waals surface area contributed by atoms with Crippen LogP contribution in [0.15, 0.2) is 24.3 Å². The molecule has 1 aliphatic rings. The Labute approximate surface area is 99.2 Å². The fourth-order valence-corrected chi connectivity index (χ4v) is 2.23. The molecule has 0 saturated carbocycles. The molecule has 2 rings (SSSR count). The third-order valence-electron chi connectivity index (χ3n) is 3.07. The number of anilines is 1. The van der Waals surface area contributed by atoms with Crippen LogP contribution in [0.3, 0.4) is 0 Å². The van der Waals surface area contributed by atoms with Crippen molar-refractivity contribution in [2.75, 3.05) is 18.0 Å². The Morgan fingerprint density at radius 2 is 2.18 bits per heavy atom. The second kappa shape index (κ2) is 4.95. The van der Waals surface area contributed by atoms with Crippen LogP contribution in [0.25, 0.3) is 0 Å². The highest BCUT2D eigenvalue weighted by Crippen LogP contribution is 2.30. The molecule has 0 radical (unpaired) electrons. The number of para-hydroxylation sites is 2. The first-order valence-corrected chi connectivity index (χ1v) is 5.66. The van der Waals surface area contributed by atoms with Gasteiger partial charge in [-0.25, -0.2) is 0 Å². The summed E-state index contributed by atoms with van der Waals surface area (Å²) in [5.74, 6) is -0.0106. The van der Waals surface area contributed by atoms with Crippen molar-refractivity contribution in [2.24, 2.45) is 5.92 Å². The summed E-state index contributed by atoms with van der Waals surface area (Å²) in [6, 6.07) is 6.68. The Kier molecular flexibility index (Phi) is 3.37. The molecule has 5 nitrogen and oxygen atoms in total. The second-order valence-electron chi connectivity index (χ2n) is 4.23. The lowest BCUT2D eigenvalue weighted by atomic mass is 9.99. The molecule has 0 aliphatic carbocycles. The van der Waals surface area contributed by atoms with Gasteiger partial charge in [-0.3, -0.25) is 10.1 Å². The lowest BCUT2D eigenvalue weighted by Gasteiger charge is -2.31. The fourth-order valence-electron chi connectivity index (χ4n) is 2.23. The molecule has 1 fully saturated rings. The molecule has 1 aliphatic heterocycles. The van der Waals surface area contributed by atoms with Crippen LogP contribution in [-0.4, -0.2) is 24.3 Å². The van der Waals surface area contributed by atoms with E-state index >= 15 is 0 Å². The maximum absolute atomic E-state index is 10.9. The molecular weight excluding hydrogens is 220 g/mol. The van der Waals surface area contributed by atoms with E-state index in [1.54, 1.807) is 18.2 Å². The van der Waals surface area contributed by atoms with Crippen molar-refractivity contribution in [3.63, 3.8) is 0 Å². The van der Waals surface area contributed by atoms with E-state index in [1.165, 1.54) is 6.07 Å². The topological polar surface area (TPSA) is 63.5 Å². The minimum absolute atomic E-state index is 0.0106. The molecule has 0 amide bonds. The van der Waals surface area contributed by atoms with Crippen LogP contribution in [0.5, 0.6) is 0 Å². The van der Waals surface area contributed by atoms with Crippen molar-refractivity contribution >= 4 is 17.7 Å². The van der Waals surface area contributed by atoms with Crippen molar-refractivity contribution in [1.82, 2.24) is 0 Å². The molecule has 1 saturated heterocycles. The summed E-state index contributed by atoms with van der Waals surface area (Å²) in [6.07, 6.45) is 2.72. The zero-order valence-corrected chi connectivity index (χ0v) is 9.41. The fraction of sp³-hybridized carbons (Fsp3) is 0.417. The zero-order chi connectivity index (χ0) is 12.3. The molecular formula is C12H14N2O3. The minimum Gasteiger partial charge on any atom is -0.365 e. The van der Waals surface area contributed by atoms with Gasteiger partial charge >= 0.3 is 0 Å². The Balaban J connectivity index is 2.27. The standard InChI is InChI=1S/C12H14N2O3/c15-9-10-4-3-7-13(8-10)11-5-1-2-6-12(11)14(16)17/h1-2,5-6,9-10H,3-4,7-8H2. The highest BCUT2D eigenvalue weighted by Gasteiger charge is 2.24. The summed E-state index contributed by atoms with van der Waals surface area (Å²) < 4.78 is 0. The number of rotatable bonds is 3. The molecule has 90 valence electrons. The van der Waals surface area contributed by atoms with Gasteiger partial charge in [0.15, 0.2) is 0 Å². The Bertz CT molecular complexity index is 434. The van der Waals surface area contributed by atoms with Gasteiger partial charge in [-0.1, -0.05) is 12.1 Å². The normalized spacial score (nSPS) is 20.0. The number of carbonyl (C=O) groups excluding carboxylic acids is 1. The van der Waals surface area contributed by atoms with Gasteiger partial charge < -0.3 is 9.69 Å². The highest BCUT2D eigenvalue weighted by molar-refractivity contribution is 5.65. The number of piperidine rings is 1. The van der Waals surface area contributed by atoms with Crippen molar-refractivity contribution in [2.45, 2.75) is 12.8 Å². The predicted molar refractivity (Wildman–Crippen MR) is 64.1 cm³/mol. The first-order valence-electron chi connectivity index (χ1n) is 5.66. The van der Waals surface area contributed by atoms with Gasteiger partial charge in [-0.2, -0.15) is 0 Å². The van der Waals surface area contributed by atoms with Gasteiger partial charge in [0, 0.05) is 25.1 Å². The van der Waals surface area contributed by atoms with E-state index in [0.29, 0.717) is 12.2 Å². The average molecular weight is 234 g/mol. The maximum atomic E-state index is 10.9. The number of nitrogens with zero attached hydrogens (tertiary/aromatic N) is 2. The van der Waals surface area contributed by atoms with Crippen LogP contribution in [0.1, 0.15) is 12.8 Å². The van der Waals surface area contributed by atoms with Gasteiger partial charge in [0.2, 0.25) is 0 Å². The van der Waals surface area contributed by atoms with Crippen molar-refractivity contribution in [1.29, 1.82) is 0 Å². The number of carbonyl (C=O) groups is 1. The number of hydrogen-bond donors (Lipinski definition) is 0. The summed E-state index contributed by atoms with van der Waals surface area (Å²) in [7, 11) is 0. The van der Waals surface area contributed by atoms with Gasteiger partial charge in [0.05, 0.1) is 4.92 Å². The summed E-state index contributed by atoms with van der Waals surface area (Å²) in [4.78, 5) is 23.3. The number of hydrogen-bond acceptors (Lipinski definition) is 4. The predicted octanol–water partition coefficient (Wildman–Crippen LogP) is 2.01. The van der Waals surface area contributed by atoms with Gasteiger partial charge in [-0.05, 0) is 18.9 Å². The monoisotopic (exact) mass is 234 g/mol. The Morgan fingerprint density at radius 1 is 1.41 bits per heavy atom. The van der Waals surface area contributed by atoms with Gasteiger partial charge in [0.25, 0.3) is 5.69 Å². The molecule has 0 N–H and O–H groups in total. The van der Waals surface area contributed by atoms with Crippen LogP contribution in [0, 0.1) is 16.0 Å². The lowest BCUT2D eigenvalue weighted by molar-refractivity contribution is -0.384. The SMILES string of the molecule is O=CC1CCCN(c2ccccc2[N+](=O)[O-])C1. The van der Waals surface area contributed by atoms with Crippen molar-refractivity contribution in [3.05, 3.63) is 34.4 Å². The number of nitro benzene ring substituents is 1. The minimum atomic E-state index is -0.375. The summed E-state index contributed by atoms with van der Waals surface area (Å²) >= 11 is 0. The lowest BCUT2D eigenvalue weighted by Crippen LogP contribution is -2.36. The maximum Gasteiger partial charge on any atom is 0.292 e. The molecule has 1 atom stereocenters. The average Bonchev–Trinajstić information content (AvgIpc) is 2.39. The summed E-state index contributed by atoms with van der Waals surface area (Å²) in [5.41, 5.74) is 0.725. The van der Waals surface area contributed by atoms with Crippen LogP contribution in [0.2, 0.25) is 0 Å². The number of benzene rings is 1. The number of nitro groups is 1. The Morgan fingerprint density at radius 3 is 2.88 bits per heavy atom. The molecule has 1 heterocycles. The van der Waals surface area contributed by atoms with Crippen LogP contribution in [-0.2, 0) is 4.79 Å². The van der Waals surface area contributed by atoms with Crippen LogP contribution >= 0.6 is 0 Å². The largest absolute Gasteiger partial charge is 0.365 e. The zero-order valence-electron chi connectivity index (χ0n) is 9.41. The molecule has 0 bridgehead atoms. The molecule has 17 heavy (non-hydrogen) atoms. The highest BCUT2D eigenvalue weighted by atomic mass is 16.6. The van der Waals surface area contributed by atoms with Gasteiger partial charge in [-0.15, -0.1) is 0 Å². The molecule has 5 heteroatoms. The molecule has 1 aromatic carbocycles. The first kappa shape index (κ1) is 11.6. The summed E-state index contributed by atoms with van der Waals surface area (Å²) in [5, 5.41) is 10.9. The van der Waals surface area contributed by atoms with Crippen molar-refractivity contribution < 1.29 is 9.72 Å². The van der Waals surface area contributed by atoms with E-state index in [4.69, 9.17) is 0 Å². The van der Waals surface area contributed by atoms with Crippen molar-refractivity contribution in [3.8, 4) is 0 Å². The first-order chi connectivity index (χ1) is 8.22. The van der Waals surface area contributed by atoms with E-state index in [2.05, 4.69) is 0 Å². The smallest absolute Gasteiger partial charge is 0.292 e. The quantitative estimate of drug-likeness (QED) is 0.456. The molecule has 1 unspecified atom stereocenters. The van der Waals surface area contributed by atoms with Gasteiger partial charge in [0.1, 0.15) is 12.0 Å². The molecule has 0 aromatic heterocycles. The molecule has 1 aromatic rings. The molecule has 0 spiro atoms. The third kappa shape index (κ3) is 2.43. The van der Waals surface area contributed by atoms with E-state index in [9.17, 15) is 14.9 Å². The Hall–Kier alpha value is -1.91. The third-order valence-corrected chi connectivity index (χ3v) is 3.07.